The number of likely N-dealkylation sites (N-methyl/N-ethyl adjacent to an activating group) is 1. The summed E-state index contributed by atoms with van der Waals surface area (Å²) >= 11 is 0. The number of benzene rings is 1. The van der Waals surface area contributed by atoms with Crippen LogP contribution in [0.4, 0.5) is 4.39 Å². The van der Waals surface area contributed by atoms with Gasteiger partial charge in [-0.05, 0) is 39.3 Å². The highest BCUT2D eigenvalue weighted by molar-refractivity contribution is 6.47. The molecule has 0 fully saturated rings. The van der Waals surface area contributed by atoms with E-state index in [0.717, 1.165) is 6.07 Å². The highest BCUT2D eigenvalue weighted by atomic mass is 19.1. The van der Waals surface area contributed by atoms with Gasteiger partial charge in [0, 0.05) is 6.07 Å². The van der Waals surface area contributed by atoms with Crippen molar-refractivity contribution in [2.24, 2.45) is 0 Å². The maximum absolute atomic E-state index is 13.5. The van der Waals surface area contributed by atoms with Crippen LogP contribution in [-0.4, -0.2) is 36.1 Å². The zero-order chi connectivity index (χ0) is 14.0. The molecule has 1 aromatic rings. The van der Waals surface area contributed by atoms with Gasteiger partial charge in [0.15, 0.2) is 0 Å². The standard InChI is InChI=1S/C12H19BFNO3/c1-11(2,12(3,17)15-4)18-13-9-6-5-8(16)7-10(9)14/h5-7,13,15-17H,1-4H3. The summed E-state index contributed by atoms with van der Waals surface area (Å²) in [6, 6.07) is 3.88. The van der Waals surface area contributed by atoms with E-state index < -0.39 is 17.1 Å². The second-order valence-corrected chi connectivity index (χ2v) is 4.90. The zero-order valence-electron chi connectivity index (χ0n) is 11.1. The Kier molecular flexibility index (Phi) is 4.37. The summed E-state index contributed by atoms with van der Waals surface area (Å²) in [6.45, 7) is 5.00. The average molecular weight is 255 g/mol. The molecule has 0 aromatic heterocycles. The Morgan fingerprint density at radius 2 is 1.94 bits per heavy atom. The molecule has 0 bridgehead atoms. The Morgan fingerprint density at radius 3 is 2.44 bits per heavy atom. The minimum Gasteiger partial charge on any atom is -0.508 e. The molecule has 1 aromatic carbocycles. The summed E-state index contributed by atoms with van der Waals surface area (Å²) < 4.78 is 19.0. The van der Waals surface area contributed by atoms with Crippen LogP contribution in [0, 0.1) is 5.82 Å². The third-order valence-electron chi connectivity index (χ3n) is 3.28. The first-order valence-corrected chi connectivity index (χ1v) is 5.72. The lowest BCUT2D eigenvalue weighted by atomic mass is 9.84. The van der Waals surface area contributed by atoms with Gasteiger partial charge in [0.1, 0.15) is 17.3 Å². The van der Waals surface area contributed by atoms with Crippen LogP contribution >= 0.6 is 0 Å². The van der Waals surface area contributed by atoms with E-state index in [9.17, 15) is 9.50 Å². The number of halogens is 1. The Bertz CT molecular complexity index is 424. The Morgan fingerprint density at radius 1 is 1.33 bits per heavy atom. The summed E-state index contributed by atoms with van der Waals surface area (Å²) in [6.07, 6.45) is 0. The number of rotatable bonds is 5. The summed E-state index contributed by atoms with van der Waals surface area (Å²) in [5.41, 5.74) is -1.81. The Balaban J connectivity index is 2.76. The van der Waals surface area contributed by atoms with Crippen LogP contribution in [0.3, 0.4) is 0 Å². The molecule has 0 aliphatic carbocycles. The minimum atomic E-state index is -1.24. The van der Waals surface area contributed by atoms with E-state index in [4.69, 9.17) is 9.76 Å². The fraction of sp³-hybridized carbons (Fsp3) is 0.500. The molecule has 100 valence electrons. The lowest BCUT2D eigenvalue weighted by Gasteiger charge is -2.40. The number of hydrogen-bond acceptors (Lipinski definition) is 4. The average Bonchev–Trinajstić information content (AvgIpc) is 2.27. The topological polar surface area (TPSA) is 61.7 Å². The molecule has 1 rings (SSSR count). The van der Waals surface area contributed by atoms with Crippen LogP contribution < -0.4 is 10.8 Å². The third kappa shape index (κ3) is 3.22. The molecule has 3 N–H and O–H groups in total. The predicted molar refractivity (Wildman–Crippen MR) is 69.7 cm³/mol. The molecule has 0 aliphatic rings. The third-order valence-corrected chi connectivity index (χ3v) is 3.28. The number of phenolic OH excluding ortho intramolecular Hbond substituents is 1. The van der Waals surface area contributed by atoms with Gasteiger partial charge in [-0.25, -0.2) is 4.39 Å². The normalized spacial score (nSPS) is 15.2. The first-order chi connectivity index (χ1) is 8.19. The van der Waals surface area contributed by atoms with Crippen LogP contribution in [0.15, 0.2) is 18.2 Å². The molecule has 0 radical (unpaired) electrons. The molecule has 4 nitrogen and oxygen atoms in total. The van der Waals surface area contributed by atoms with Crippen molar-refractivity contribution < 1.29 is 19.3 Å². The van der Waals surface area contributed by atoms with Gasteiger partial charge in [-0.3, -0.25) is 5.32 Å². The van der Waals surface area contributed by atoms with Gasteiger partial charge in [0.25, 0.3) is 0 Å². The smallest absolute Gasteiger partial charge is 0.312 e. The zero-order valence-corrected chi connectivity index (χ0v) is 11.1. The van der Waals surface area contributed by atoms with E-state index in [1.54, 1.807) is 27.8 Å². The van der Waals surface area contributed by atoms with Crippen molar-refractivity contribution >= 4 is 12.9 Å². The fourth-order valence-electron chi connectivity index (χ4n) is 1.35. The summed E-state index contributed by atoms with van der Waals surface area (Å²) in [4.78, 5) is 0. The van der Waals surface area contributed by atoms with Gasteiger partial charge in [-0.1, -0.05) is 6.07 Å². The largest absolute Gasteiger partial charge is 0.508 e. The Labute approximate surface area is 107 Å². The predicted octanol–water partition coefficient (Wildman–Crippen LogP) is 0.231. The number of phenols is 1. The molecule has 0 aliphatic heterocycles. The van der Waals surface area contributed by atoms with Gasteiger partial charge in [-0.15, -0.1) is 0 Å². The van der Waals surface area contributed by atoms with Gasteiger partial charge in [-0.2, -0.15) is 0 Å². The van der Waals surface area contributed by atoms with E-state index >= 15 is 0 Å². The SMILES string of the molecule is CNC(C)(O)C(C)(C)OBc1ccc(O)cc1F. The highest BCUT2D eigenvalue weighted by Crippen LogP contribution is 2.22. The molecule has 0 amide bonds. The van der Waals surface area contributed by atoms with Gasteiger partial charge in [0.05, 0.1) is 5.60 Å². The van der Waals surface area contributed by atoms with Gasteiger partial charge >= 0.3 is 7.48 Å². The molecule has 0 heterocycles. The number of aromatic hydroxyl groups is 1. The van der Waals surface area contributed by atoms with Crippen LogP contribution in [0.25, 0.3) is 0 Å². The van der Waals surface area contributed by atoms with Crippen LogP contribution in [-0.2, 0) is 4.65 Å². The number of hydrogen-bond donors (Lipinski definition) is 3. The lowest BCUT2D eigenvalue weighted by molar-refractivity contribution is -0.119. The molecular weight excluding hydrogens is 236 g/mol. The first kappa shape index (κ1) is 15.0. The van der Waals surface area contributed by atoms with Crippen molar-refractivity contribution in [1.29, 1.82) is 0 Å². The lowest BCUT2D eigenvalue weighted by Crippen LogP contribution is -2.59. The Hall–Kier alpha value is -1.11. The number of aliphatic hydroxyl groups is 1. The van der Waals surface area contributed by atoms with E-state index in [1.165, 1.54) is 12.1 Å². The maximum atomic E-state index is 13.5. The van der Waals surface area contributed by atoms with E-state index in [1.807, 2.05) is 0 Å². The van der Waals surface area contributed by atoms with E-state index in [0.29, 0.717) is 5.46 Å². The van der Waals surface area contributed by atoms with E-state index in [2.05, 4.69) is 5.32 Å². The molecule has 0 spiro atoms. The molecular formula is C12H19BFNO3. The maximum Gasteiger partial charge on any atom is 0.312 e. The fourth-order valence-corrected chi connectivity index (χ4v) is 1.35. The van der Waals surface area contributed by atoms with Crippen LogP contribution in [0.1, 0.15) is 20.8 Å². The van der Waals surface area contributed by atoms with Crippen molar-refractivity contribution in [3.63, 3.8) is 0 Å². The molecule has 0 saturated heterocycles. The van der Waals surface area contributed by atoms with Crippen molar-refractivity contribution in [2.45, 2.75) is 32.1 Å². The monoisotopic (exact) mass is 255 g/mol. The van der Waals surface area contributed by atoms with Gasteiger partial charge in [0.2, 0.25) is 0 Å². The minimum absolute atomic E-state index is 0.0109. The van der Waals surface area contributed by atoms with Gasteiger partial charge < -0.3 is 14.9 Å². The van der Waals surface area contributed by atoms with Crippen molar-refractivity contribution in [2.75, 3.05) is 7.05 Å². The van der Waals surface area contributed by atoms with Crippen molar-refractivity contribution in [1.82, 2.24) is 5.32 Å². The van der Waals surface area contributed by atoms with Crippen LogP contribution in [0.5, 0.6) is 5.75 Å². The van der Waals surface area contributed by atoms with Crippen LogP contribution in [0.2, 0.25) is 0 Å². The molecule has 1 atom stereocenters. The molecule has 6 heteroatoms. The van der Waals surface area contributed by atoms with Crippen molar-refractivity contribution in [3.8, 4) is 5.75 Å². The second kappa shape index (κ2) is 5.26. The first-order valence-electron chi connectivity index (χ1n) is 5.72. The summed E-state index contributed by atoms with van der Waals surface area (Å²) in [5, 5.41) is 21.9. The second-order valence-electron chi connectivity index (χ2n) is 4.90. The number of nitrogens with one attached hydrogen (secondary N) is 1. The molecule has 1 unspecified atom stereocenters. The van der Waals surface area contributed by atoms with Crippen molar-refractivity contribution in [3.05, 3.63) is 24.0 Å². The molecule has 0 saturated carbocycles. The molecule has 18 heavy (non-hydrogen) atoms. The summed E-state index contributed by atoms with van der Waals surface area (Å²) in [5.74, 6) is -0.660. The highest BCUT2D eigenvalue weighted by Gasteiger charge is 2.38. The van der Waals surface area contributed by atoms with E-state index in [-0.39, 0.29) is 13.2 Å². The summed E-state index contributed by atoms with van der Waals surface area (Å²) in [7, 11) is 1.63. The quantitative estimate of drug-likeness (QED) is 0.520.